The van der Waals surface area contributed by atoms with Crippen LogP contribution in [0.5, 0.6) is 0 Å². The van der Waals surface area contributed by atoms with E-state index in [1.807, 2.05) is 7.05 Å². The van der Waals surface area contributed by atoms with Crippen LogP contribution >= 0.6 is 0 Å². The predicted octanol–water partition coefficient (Wildman–Crippen LogP) is 1.05. The van der Waals surface area contributed by atoms with E-state index in [1.165, 1.54) is 19.3 Å². The highest BCUT2D eigenvalue weighted by atomic mass is 16.5. The minimum Gasteiger partial charge on any atom is -0.320 e. The lowest BCUT2D eigenvalue weighted by molar-refractivity contribution is -0.129. The molecule has 0 saturated heterocycles. The van der Waals surface area contributed by atoms with Gasteiger partial charge in [0.15, 0.2) is 0 Å². The molecule has 0 fully saturated rings. The first-order chi connectivity index (χ1) is 6.31. The van der Waals surface area contributed by atoms with Crippen molar-refractivity contribution in [3.8, 4) is 0 Å². The van der Waals surface area contributed by atoms with Crippen LogP contribution in [0.1, 0.15) is 38.5 Å². The molecule has 0 atom stereocenters. The molecule has 4 nitrogen and oxygen atoms in total. The zero-order valence-electron chi connectivity index (χ0n) is 8.31. The molecule has 0 spiro atoms. The molecule has 78 valence electrons. The van der Waals surface area contributed by atoms with Gasteiger partial charge in [-0.15, -0.1) is 0 Å². The summed E-state index contributed by atoms with van der Waals surface area (Å²) in [7, 11) is 1.95. The highest BCUT2D eigenvalue weighted by molar-refractivity contribution is 5.74. The number of unbranched alkanes of at least 4 members (excludes halogenated alkanes) is 4. The zero-order chi connectivity index (χ0) is 9.94. The summed E-state index contributed by atoms with van der Waals surface area (Å²) in [6, 6.07) is 0. The second kappa shape index (κ2) is 9.48. The number of hydrogen-bond donors (Lipinski definition) is 3. The number of amides is 1. The molecule has 0 unspecified atom stereocenters. The average Bonchev–Trinajstić information content (AvgIpc) is 2.16. The number of hydroxylamine groups is 1. The van der Waals surface area contributed by atoms with Gasteiger partial charge in [0.1, 0.15) is 0 Å². The molecule has 0 aromatic rings. The Morgan fingerprint density at radius 2 is 1.77 bits per heavy atom. The first-order valence-electron chi connectivity index (χ1n) is 4.88. The molecule has 4 heteroatoms. The van der Waals surface area contributed by atoms with E-state index < -0.39 is 0 Å². The van der Waals surface area contributed by atoms with Crippen LogP contribution in [0.25, 0.3) is 0 Å². The van der Waals surface area contributed by atoms with Crippen LogP contribution in [0.2, 0.25) is 0 Å². The fraction of sp³-hybridized carbons (Fsp3) is 0.889. The third kappa shape index (κ3) is 9.30. The van der Waals surface area contributed by atoms with Gasteiger partial charge < -0.3 is 5.32 Å². The topological polar surface area (TPSA) is 61.4 Å². The van der Waals surface area contributed by atoms with Crippen LogP contribution in [0.3, 0.4) is 0 Å². The SMILES string of the molecule is CNCCCCCCCC(=O)NO. The molecule has 0 rings (SSSR count). The smallest absolute Gasteiger partial charge is 0.243 e. The van der Waals surface area contributed by atoms with Crippen LogP contribution in [-0.4, -0.2) is 24.7 Å². The largest absolute Gasteiger partial charge is 0.320 e. The Bertz CT molecular complexity index is 129. The van der Waals surface area contributed by atoms with Crippen LogP contribution in [0.4, 0.5) is 0 Å². The van der Waals surface area contributed by atoms with E-state index in [1.54, 1.807) is 5.48 Å². The molecule has 3 N–H and O–H groups in total. The van der Waals surface area contributed by atoms with Gasteiger partial charge >= 0.3 is 0 Å². The molecule has 13 heavy (non-hydrogen) atoms. The fourth-order valence-electron chi connectivity index (χ4n) is 1.17. The maximum Gasteiger partial charge on any atom is 0.243 e. The highest BCUT2D eigenvalue weighted by Crippen LogP contribution is 2.04. The first kappa shape index (κ1) is 12.4. The number of carbonyl (C=O) groups is 1. The number of nitrogens with one attached hydrogen (secondary N) is 2. The van der Waals surface area contributed by atoms with Gasteiger partial charge in [-0.25, -0.2) is 5.48 Å². The molecule has 0 aliphatic carbocycles. The van der Waals surface area contributed by atoms with Gasteiger partial charge in [-0.05, 0) is 26.4 Å². The summed E-state index contributed by atoms with van der Waals surface area (Å²) in [5.74, 6) is -0.282. The lowest BCUT2D eigenvalue weighted by Crippen LogP contribution is -2.17. The summed E-state index contributed by atoms with van der Waals surface area (Å²) < 4.78 is 0. The van der Waals surface area contributed by atoms with Crippen molar-refractivity contribution in [2.45, 2.75) is 38.5 Å². The maximum atomic E-state index is 10.6. The van der Waals surface area contributed by atoms with Gasteiger partial charge in [-0.3, -0.25) is 10.0 Å². The van der Waals surface area contributed by atoms with Crippen molar-refractivity contribution < 1.29 is 10.0 Å². The van der Waals surface area contributed by atoms with E-state index in [0.717, 1.165) is 19.4 Å². The molecule has 0 bridgehead atoms. The van der Waals surface area contributed by atoms with Crippen LogP contribution < -0.4 is 10.8 Å². The van der Waals surface area contributed by atoms with Crippen molar-refractivity contribution in [3.63, 3.8) is 0 Å². The van der Waals surface area contributed by atoms with Crippen molar-refractivity contribution >= 4 is 5.91 Å². The number of carbonyl (C=O) groups excluding carboxylic acids is 1. The Labute approximate surface area is 79.7 Å². The van der Waals surface area contributed by atoms with E-state index in [9.17, 15) is 4.79 Å². The highest BCUT2D eigenvalue weighted by Gasteiger charge is 1.97. The Balaban J connectivity index is 2.95. The van der Waals surface area contributed by atoms with Crippen molar-refractivity contribution in [2.75, 3.05) is 13.6 Å². The molecule has 0 saturated carbocycles. The summed E-state index contributed by atoms with van der Waals surface area (Å²) >= 11 is 0. The predicted molar refractivity (Wildman–Crippen MR) is 51.6 cm³/mol. The minimum absolute atomic E-state index is 0.282. The molecule has 0 aliphatic rings. The molecule has 0 radical (unpaired) electrons. The first-order valence-corrected chi connectivity index (χ1v) is 4.88. The average molecular weight is 188 g/mol. The third-order valence-electron chi connectivity index (χ3n) is 1.96. The molecular formula is C9H20N2O2. The number of hydrogen-bond acceptors (Lipinski definition) is 3. The molecule has 0 aromatic carbocycles. The molecule has 1 amide bonds. The molecule has 0 aliphatic heterocycles. The molecular weight excluding hydrogens is 168 g/mol. The van der Waals surface area contributed by atoms with E-state index >= 15 is 0 Å². The van der Waals surface area contributed by atoms with E-state index in [4.69, 9.17) is 5.21 Å². The Morgan fingerprint density at radius 3 is 2.38 bits per heavy atom. The third-order valence-corrected chi connectivity index (χ3v) is 1.96. The van der Waals surface area contributed by atoms with E-state index in [0.29, 0.717) is 6.42 Å². The summed E-state index contributed by atoms with van der Waals surface area (Å²) in [4.78, 5) is 10.6. The fourth-order valence-corrected chi connectivity index (χ4v) is 1.17. The molecule has 0 heterocycles. The summed E-state index contributed by atoms with van der Waals surface area (Å²) in [6.45, 7) is 1.07. The van der Waals surface area contributed by atoms with Gasteiger partial charge in [0.25, 0.3) is 0 Å². The monoisotopic (exact) mass is 188 g/mol. The van der Waals surface area contributed by atoms with Crippen molar-refractivity contribution in [3.05, 3.63) is 0 Å². The lowest BCUT2D eigenvalue weighted by Gasteiger charge is -2.00. The van der Waals surface area contributed by atoms with Gasteiger partial charge in [0.05, 0.1) is 0 Å². The van der Waals surface area contributed by atoms with Crippen molar-refractivity contribution in [2.24, 2.45) is 0 Å². The van der Waals surface area contributed by atoms with E-state index in [-0.39, 0.29) is 5.91 Å². The quantitative estimate of drug-likeness (QED) is 0.303. The Kier molecular flexibility index (Phi) is 9.03. The number of rotatable bonds is 8. The zero-order valence-corrected chi connectivity index (χ0v) is 8.31. The Hall–Kier alpha value is -0.610. The molecule has 0 aromatic heterocycles. The maximum absolute atomic E-state index is 10.6. The van der Waals surface area contributed by atoms with Gasteiger partial charge in [0, 0.05) is 6.42 Å². The lowest BCUT2D eigenvalue weighted by atomic mass is 10.1. The minimum atomic E-state index is -0.282. The second-order valence-electron chi connectivity index (χ2n) is 3.16. The summed E-state index contributed by atoms with van der Waals surface area (Å²) in [5, 5.41) is 11.3. The normalized spacial score (nSPS) is 10.0. The van der Waals surface area contributed by atoms with E-state index in [2.05, 4.69) is 5.32 Å². The van der Waals surface area contributed by atoms with Crippen molar-refractivity contribution in [1.82, 2.24) is 10.8 Å². The van der Waals surface area contributed by atoms with Gasteiger partial charge in [-0.2, -0.15) is 0 Å². The summed E-state index contributed by atoms with van der Waals surface area (Å²) in [5.41, 5.74) is 1.63. The van der Waals surface area contributed by atoms with Crippen LogP contribution in [0.15, 0.2) is 0 Å². The van der Waals surface area contributed by atoms with Crippen molar-refractivity contribution in [1.29, 1.82) is 0 Å². The standard InChI is InChI=1S/C9H20N2O2/c1-10-8-6-4-2-3-5-7-9(12)11-13/h10,13H,2-8H2,1H3,(H,11,12). The van der Waals surface area contributed by atoms with Gasteiger partial charge in [0.2, 0.25) is 5.91 Å². The summed E-state index contributed by atoms with van der Waals surface area (Å²) in [6.07, 6.45) is 5.94. The Morgan fingerprint density at radius 1 is 1.15 bits per heavy atom. The second-order valence-corrected chi connectivity index (χ2v) is 3.16. The van der Waals surface area contributed by atoms with Crippen LogP contribution in [0, 0.1) is 0 Å². The van der Waals surface area contributed by atoms with Crippen LogP contribution in [-0.2, 0) is 4.79 Å². The van der Waals surface area contributed by atoms with Gasteiger partial charge in [-0.1, -0.05) is 19.3 Å².